The van der Waals surface area contributed by atoms with E-state index in [1.165, 1.54) is 22.9 Å². The molecule has 234 valence electrons. The Morgan fingerprint density at radius 2 is 1.96 bits per heavy atom. The van der Waals surface area contributed by atoms with Crippen molar-refractivity contribution >= 4 is 45.2 Å². The van der Waals surface area contributed by atoms with E-state index in [1.807, 2.05) is 59.4 Å². The van der Waals surface area contributed by atoms with E-state index in [-0.39, 0.29) is 34.7 Å². The van der Waals surface area contributed by atoms with Crippen LogP contribution in [0.5, 0.6) is 5.75 Å². The van der Waals surface area contributed by atoms with Crippen LogP contribution in [-0.4, -0.2) is 55.3 Å². The summed E-state index contributed by atoms with van der Waals surface area (Å²) in [6, 6.07) is 16.0. The van der Waals surface area contributed by atoms with E-state index in [2.05, 4.69) is 24.9 Å². The summed E-state index contributed by atoms with van der Waals surface area (Å²) in [4.78, 5) is 18.5. The van der Waals surface area contributed by atoms with Gasteiger partial charge in [0.15, 0.2) is 10.1 Å². The second-order valence-corrected chi connectivity index (χ2v) is 16.3. The lowest BCUT2D eigenvalue weighted by molar-refractivity contribution is -0.177. The minimum atomic E-state index is -1.44. The lowest BCUT2D eigenvalue weighted by Gasteiger charge is -2.60. The second kappa shape index (κ2) is 10.5. The molecule has 7 atom stereocenters. The van der Waals surface area contributed by atoms with Gasteiger partial charge in [-0.3, -0.25) is 4.79 Å². The lowest BCUT2D eigenvalue weighted by atomic mass is 9.45. The molecule has 3 fully saturated rings. The number of ketones is 1. The van der Waals surface area contributed by atoms with Crippen molar-refractivity contribution in [3.8, 4) is 11.4 Å². The SMILES string of the molecule is COc1ccc(-n2ncc3c2C=C2CC[C@@H]4[C@H]([C@@H](O)C[C@@]5(C)[C@H]4CC[C@]5(O)C(=O)CSc4nc5ccccc5s4)[C@@]2(C)C3)cc1. The van der Waals surface area contributed by atoms with Crippen molar-refractivity contribution in [1.29, 1.82) is 0 Å². The van der Waals surface area contributed by atoms with Crippen LogP contribution >= 0.6 is 23.1 Å². The molecule has 0 saturated heterocycles. The predicted molar refractivity (Wildman–Crippen MR) is 178 cm³/mol. The quantitative estimate of drug-likeness (QED) is 0.225. The summed E-state index contributed by atoms with van der Waals surface area (Å²) in [5.74, 6) is 1.39. The number of thiazole rings is 1. The van der Waals surface area contributed by atoms with Gasteiger partial charge in [0.2, 0.25) is 0 Å². The highest BCUT2D eigenvalue weighted by atomic mass is 32.2. The van der Waals surface area contributed by atoms with Gasteiger partial charge in [-0.15, -0.1) is 11.3 Å². The van der Waals surface area contributed by atoms with E-state index >= 15 is 0 Å². The maximum atomic E-state index is 13.9. The van der Waals surface area contributed by atoms with Crippen LogP contribution in [0.1, 0.15) is 57.2 Å². The van der Waals surface area contributed by atoms with E-state index in [4.69, 9.17) is 9.84 Å². The number of ether oxygens (including phenoxy) is 1. The molecule has 4 aliphatic rings. The number of aliphatic hydroxyl groups is 2. The van der Waals surface area contributed by atoms with E-state index in [0.717, 1.165) is 57.4 Å². The van der Waals surface area contributed by atoms with Gasteiger partial charge >= 0.3 is 0 Å². The zero-order valence-corrected chi connectivity index (χ0v) is 27.5. The fraction of sp³-hybridized carbons (Fsp3) is 0.472. The second-order valence-electron chi connectivity index (χ2n) is 14.0. The highest BCUT2D eigenvalue weighted by Crippen LogP contribution is 2.67. The number of fused-ring (bicyclic) bond motifs is 7. The van der Waals surface area contributed by atoms with Gasteiger partial charge in [-0.2, -0.15) is 5.10 Å². The number of allylic oxidation sites excluding steroid dienone is 1. The van der Waals surface area contributed by atoms with Crippen molar-refractivity contribution in [3.63, 3.8) is 0 Å². The summed E-state index contributed by atoms with van der Waals surface area (Å²) in [7, 11) is 1.67. The monoisotopic (exact) mass is 641 g/mol. The predicted octanol–water partition coefficient (Wildman–Crippen LogP) is 6.74. The van der Waals surface area contributed by atoms with Crippen LogP contribution in [0.25, 0.3) is 22.0 Å². The van der Waals surface area contributed by atoms with Crippen molar-refractivity contribution in [2.75, 3.05) is 12.9 Å². The number of aliphatic hydroxyl groups excluding tert-OH is 1. The first-order valence-electron chi connectivity index (χ1n) is 16.0. The molecule has 2 heterocycles. The number of aromatic nitrogens is 3. The molecule has 4 aromatic rings. The minimum absolute atomic E-state index is 0.0719. The first kappa shape index (κ1) is 29.4. The maximum absolute atomic E-state index is 13.9. The molecule has 4 aliphatic carbocycles. The molecule has 45 heavy (non-hydrogen) atoms. The number of rotatable bonds is 6. The smallest absolute Gasteiger partial charge is 0.175 e. The zero-order chi connectivity index (χ0) is 31.1. The standard InChI is InChI=1S/C36H39N3O4S2/c1-34-17-21-19-37-39(23-9-11-24(43-3)12-10-23)28(21)16-22(34)8-13-25-26-14-15-36(42,35(26,2)18-29(40)32(25)34)31(41)20-44-33-38-27-6-4-5-7-30(27)45-33/h4-7,9-12,16,19,25-26,29,32,40,42H,8,13-15,17-18,20H2,1-3H3/t25-,26-,29-,32+,34-,35-,36-/m0/s1. The Bertz CT molecular complexity index is 1800. The van der Waals surface area contributed by atoms with Gasteiger partial charge in [-0.1, -0.05) is 43.3 Å². The fourth-order valence-corrected chi connectivity index (χ4v) is 11.8. The Kier molecular flexibility index (Phi) is 6.88. The molecule has 2 aromatic heterocycles. The Labute approximate surface area is 271 Å². The summed E-state index contributed by atoms with van der Waals surface area (Å²) in [5, 5.41) is 29.0. The van der Waals surface area contributed by atoms with Crippen LogP contribution in [0.4, 0.5) is 0 Å². The number of carbonyl (C=O) groups excluding carboxylic acids is 1. The molecular weight excluding hydrogens is 603 g/mol. The molecule has 0 radical (unpaired) electrons. The number of hydrogen-bond donors (Lipinski definition) is 2. The van der Waals surface area contributed by atoms with E-state index in [9.17, 15) is 15.0 Å². The molecule has 0 amide bonds. The summed E-state index contributed by atoms with van der Waals surface area (Å²) in [5.41, 5.74) is 3.34. The summed E-state index contributed by atoms with van der Waals surface area (Å²) in [6.07, 6.45) is 8.15. The Balaban J connectivity index is 1.04. The molecule has 2 N–H and O–H groups in total. The largest absolute Gasteiger partial charge is 0.497 e. The third-order valence-electron chi connectivity index (χ3n) is 12.0. The topological polar surface area (TPSA) is 97.5 Å². The lowest BCUT2D eigenvalue weighted by Crippen LogP contribution is -2.62. The van der Waals surface area contributed by atoms with Gasteiger partial charge < -0.3 is 14.9 Å². The number of thioether (sulfide) groups is 1. The number of methoxy groups -OCH3 is 1. The van der Waals surface area contributed by atoms with Crippen LogP contribution in [-0.2, 0) is 11.2 Å². The maximum Gasteiger partial charge on any atom is 0.175 e. The molecule has 0 unspecified atom stereocenters. The number of Topliss-reactive ketones (excluding diaryl/α,β-unsaturated/α-hetero) is 1. The Hall–Kier alpha value is -2.98. The number of benzene rings is 2. The van der Waals surface area contributed by atoms with Crippen molar-refractivity contribution in [1.82, 2.24) is 14.8 Å². The van der Waals surface area contributed by atoms with Gasteiger partial charge in [-0.05, 0) is 110 Å². The number of nitrogens with zero attached hydrogens (tertiary/aromatic N) is 3. The third-order valence-corrected chi connectivity index (χ3v) is 14.1. The zero-order valence-electron chi connectivity index (χ0n) is 25.9. The molecule has 3 saturated carbocycles. The highest BCUT2D eigenvalue weighted by molar-refractivity contribution is 8.01. The van der Waals surface area contributed by atoms with Gasteiger partial charge in [0.25, 0.3) is 0 Å². The van der Waals surface area contributed by atoms with Crippen molar-refractivity contribution in [2.45, 2.75) is 68.4 Å². The fourth-order valence-electron chi connectivity index (χ4n) is 9.74. The summed E-state index contributed by atoms with van der Waals surface area (Å²) >= 11 is 3.01. The summed E-state index contributed by atoms with van der Waals surface area (Å²) in [6.45, 7) is 4.41. The molecule has 9 heteroatoms. The Morgan fingerprint density at radius 1 is 1.16 bits per heavy atom. The third kappa shape index (κ3) is 4.34. The minimum Gasteiger partial charge on any atom is -0.497 e. The molecule has 0 spiro atoms. The number of para-hydroxylation sites is 1. The molecule has 0 aliphatic heterocycles. The average Bonchev–Trinajstić information content (AvgIpc) is 3.71. The molecule has 7 nitrogen and oxygen atoms in total. The van der Waals surface area contributed by atoms with Gasteiger partial charge in [-0.25, -0.2) is 9.67 Å². The molecule has 8 rings (SSSR count). The first-order chi connectivity index (χ1) is 21.6. The normalized spacial score (nSPS) is 33.6. The molecular formula is C36H39N3O4S2. The van der Waals surface area contributed by atoms with Gasteiger partial charge in [0.1, 0.15) is 11.4 Å². The van der Waals surface area contributed by atoms with E-state index in [1.54, 1.807) is 18.4 Å². The van der Waals surface area contributed by atoms with Crippen LogP contribution in [0.15, 0.2) is 64.6 Å². The van der Waals surface area contributed by atoms with Crippen LogP contribution in [0.2, 0.25) is 0 Å². The van der Waals surface area contributed by atoms with Crippen LogP contribution in [0, 0.1) is 28.6 Å². The molecule has 2 aromatic carbocycles. The van der Waals surface area contributed by atoms with E-state index in [0.29, 0.717) is 12.8 Å². The number of carbonyl (C=O) groups is 1. The Morgan fingerprint density at radius 3 is 2.73 bits per heavy atom. The van der Waals surface area contributed by atoms with Crippen LogP contribution < -0.4 is 4.74 Å². The van der Waals surface area contributed by atoms with Crippen LogP contribution in [0.3, 0.4) is 0 Å². The average molecular weight is 642 g/mol. The first-order valence-corrected chi connectivity index (χ1v) is 17.8. The number of hydrogen-bond acceptors (Lipinski definition) is 8. The highest BCUT2D eigenvalue weighted by Gasteiger charge is 2.68. The van der Waals surface area contributed by atoms with Gasteiger partial charge in [0, 0.05) is 5.41 Å². The van der Waals surface area contributed by atoms with E-state index < -0.39 is 17.1 Å². The summed E-state index contributed by atoms with van der Waals surface area (Å²) < 4.78 is 9.30. The van der Waals surface area contributed by atoms with Crippen molar-refractivity contribution in [2.24, 2.45) is 28.6 Å². The van der Waals surface area contributed by atoms with Gasteiger partial charge in [0.05, 0.1) is 46.8 Å². The van der Waals surface area contributed by atoms with Crippen molar-refractivity contribution in [3.05, 3.63) is 71.6 Å². The molecule has 0 bridgehead atoms. The van der Waals surface area contributed by atoms with Crippen molar-refractivity contribution < 1.29 is 19.7 Å².